The Bertz CT molecular complexity index is 532. The number of nitrogens with one attached hydrogen (secondary N) is 1. The molecular weight excluding hydrogens is 306 g/mol. The number of carbonyl (C=O) groups is 1. The smallest absolute Gasteiger partial charge is 0.387 e. The molecule has 0 atom stereocenters. The first-order valence-electron chi connectivity index (χ1n) is 7.62. The third kappa shape index (κ3) is 4.54. The number of piperidine rings is 1. The number of methoxy groups -OCH3 is 1. The van der Waals surface area contributed by atoms with E-state index >= 15 is 0 Å². The molecule has 0 aromatic heterocycles. The standard InChI is InChI=1S/C16H22F2N2O3/c1-19-10-11-5-7-20(8-6-11)15(21)12-3-4-13(23-16(17)18)14(9-12)22-2/h3-4,9,11,16,19H,5-8,10H2,1-2H3. The van der Waals surface area contributed by atoms with Gasteiger partial charge in [0.25, 0.3) is 5.91 Å². The van der Waals surface area contributed by atoms with Crippen molar-refractivity contribution in [2.24, 2.45) is 5.92 Å². The molecule has 0 spiro atoms. The number of nitrogens with zero attached hydrogens (tertiary/aromatic N) is 1. The summed E-state index contributed by atoms with van der Waals surface area (Å²) in [6.45, 7) is -0.585. The van der Waals surface area contributed by atoms with Crippen LogP contribution in [0.1, 0.15) is 23.2 Å². The van der Waals surface area contributed by atoms with Gasteiger partial charge in [-0.3, -0.25) is 4.79 Å². The van der Waals surface area contributed by atoms with Gasteiger partial charge in [0.2, 0.25) is 0 Å². The summed E-state index contributed by atoms with van der Waals surface area (Å²) < 4.78 is 34.1. The Labute approximate surface area is 134 Å². The number of amides is 1. The second kappa shape index (κ2) is 8.10. The minimum atomic E-state index is -2.93. The molecule has 128 valence electrons. The van der Waals surface area contributed by atoms with Crippen LogP contribution in [0.15, 0.2) is 18.2 Å². The van der Waals surface area contributed by atoms with E-state index in [1.165, 1.54) is 25.3 Å². The average molecular weight is 328 g/mol. The van der Waals surface area contributed by atoms with Crippen LogP contribution in [0, 0.1) is 5.92 Å². The van der Waals surface area contributed by atoms with Crippen LogP contribution in [-0.2, 0) is 0 Å². The maximum atomic E-state index is 12.5. The van der Waals surface area contributed by atoms with E-state index in [9.17, 15) is 13.6 Å². The molecule has 0 bridgehead atoms. The zero-order valence-electron chi connectivity index (χ0n) is 13.4. The van der Waals surface area contributed by atoms with Crippen molar-refractivity contribution in [2.75, 3.05) is 33.8 Å². The molecule has 1 fully saturated rings. The molecule has 1 aromatic carbocycles. The fourth-order valence-electron chi connectivity index (χ4n) is 2.81. The van der Waals surface area contributed by atoms with E-state index in [0.29, 0.717) is 24.6 Å². The maximum absolute atomic E-state index is 12.5. The van der Waals surface area contributed by atoms with Crippen LogP contribution in [0.2, 0.25) is 0 Å². The van der Waals surface area contributed by atoms with E-state index < -0.39 is 6.61 Å². The topological polar surface area (TPSA) is 50.8 Å². The second-order valence-electron chi connectivity index (χ2n) is 5.54. The molecule has 1 saturated heterocycles. The summed E-state index contributed by atoms with van der Waals surface area (Å²) in [6, 6.07) is 4.27. The molecule has 1 N–H and O–H groups in total. The Balaban J connectivity index is 2.05. The molecule has 1 aliphatic rings. The van der Waals surface area contributed by atoms with Crippen LogP contribution < -0.4 is 14.8 Å². The number of halogens is 2. The third-order valence-electron chi connectivity index (χ3n) is 4.02. The van der Waals surface area contributed by atoms with Crippen molar-refractivity contribution >= 4 is 5.91 Å². The number of benzene rings is 1. The highest BCUT2D eigenvalue weighted by Gasteiger charge is 2.24. The zero-order chi connectivity index (χ0) is 16.8. The Hall–Kier alpha value is -1.89. The van der Waals surface area contributed by atoms with Crippen molar-refractivity contribution in [1.82, 2.24) is 10.2 Å². The van der Waals surface area contributed by atoms with Gasteiger partial charge in [-0.2, -0.15) is 8.78 Å². The number of ether oxygens (including phenoxy) is 2. The lowest BCUT2D eigenvalue weighted by Crippen LogP contribution is -2.40. The van der Waals surface area contributed by atoms with E-state index in [-0.39, 0.29) is 17.4 Å². The lowest BCUT2D eigenvalue weighted by molar-refractivity contribution is -0.0512. The fraction of sp³-hybridized carbons (Fsp3) is 0.562. The molecular formula is C16H22F2N2O3. The summed E-state index contributed by atoms with van der Waals surface area (Å²) in [5.41, 5.74) is 0.413. The van der Waals surface area contributed by atoms with Crippen molar-refractivity contribution in [3.8, 4) is 11.5 Å². The molecule has 7 heteroatoms. The number of alkyl halides is 2. The first-order chi connectivity index (χ1) is 11.0. The van der Waals surface area contributed by atoms with Crippen molar-refractivity contribution in [2.45, 2.75) is 19.5 Å². The van der Waals surface area contributed by atoms with Gasteiger partial charge in [0.15, 0.2) is 11.5 Å². The van der Waals surface area contributed by atoms with Gasteiger partial charge in [-0.25, -0.2) is 0 Å². The molecule has 2 rings (SSSR count). The highest BCUT2D eigenvalue weighted by atomic mass is 19.3. The van der Waals surface area contributed by atoms with Crippen LogP contribution in [0.3, 0.4) is 0 Å². The summed E-state index contributed by atoms with van der Waals surface area (Å²) in [7, 11) is 3.28. The Kier molecular flexibility index (Phi) is 6.15. The predicted molar refractivity (Wildman–Crippen MR) is 82.2 cm³/mol. The van der Waals surface area contributed by atoms with Gasteiger partial charge in [0.05, 0.1) is 7.11 Å². The molecule has 5 nitrogen and oxygen atoms in total. The molecule has 1 aliphatic heterocycles. The van der Waals surface area contributed by atoms with Gasteiger partial charge in [-0.1, -0.05) is 0 Å². The number of hydrogen-bond donors (Lipinski definition) is 1. The van der Waals surface area contributed by atoms with Crippen molar-refractivity contribution < 1.29 is 23.0 Å². The highest BCUT2D eigenvalue weighted by Crippen LogP contribution is 2.30. The summed E-state index contributed by atoms with van der Waals surface area (Å²) in [4.78, 5) is 14.3. The first-order valence-corrected chi connectivity index (χ1v) is 7.62. The molecule has 1 aromatic rings. The van der Waals surface area contributed by atoms with E-state index in [0.717, 1.165) is 19.4 Å². The number of likely N-dealkylation sites (tertiary alicyclic amines) is 1. The molecule has 1 amide bonds. The lowest BCUT2D eigenvalue weighted by atomic mass is 9.96. The normalized spacial score (nSPS) is 15.8. The second-order valence-corrected chi connectivity index (χ2v) is 5.54. The van der Waals surface area contributed by atoms with Crippen molar-refractivity contribution in [3.05, 3.63) is 23.8 Å². The average Bonchev–Trinajstić information content (AvgIpc) is 2.55. The SMILES string of the molecule is CNCC1CCN(C(=O)c2ccc(OC(F)F)c(OC)c2)CC1. The van der Waals surface area contributed by atoms with Gasteiger partial charge < -0.3 is 19.7 Å². The van der Waals surface area contributed by atoms with Gasteiger partial charge in [-0.05, 0) is 50.6 Å². The molecule has 0 saturated carbocycles. The van der Waals surface area contributed by atoms with Gasteiger partial charge in [0, 0.05) is 18.7 Å². The first kappa shape index (κ1) is 17.5. The zero-order valence-corrected chi connectivity index (χ0v) is 13.4. The summed E-state index contributed by atoms with van der Waals surface area (Å²) in [5, 5.41) is 3.15. The molecule has 0 unspecified atom stereocenters. The maximum Gasteiger partial charge on any atom is 0.387 e. The summed E-state index contributed by atoms with van der Waals surface area (Å²) in [5.74, 6) is 0.517. The summed E-state index contributed by atoms with van der Waals surface area (Å²) in [6.07, 6.45) is 1.91. The number of hydrogen-bond acceptors (Lipinski definition) is 4. The number of carbonyl (C=O) groups excluding carboxylic acids is 1. The summed E-state index contributed by atoms with van der Waals surface area (Å²) >= 11 is 0. The quantitative estimate of drug-likeness (QED) is 0.871. The van der Waals surface area contributed by atoms with Crippen LogP contribution in [-0.4, -0.2) is 51.2 Å². The predicted octanol–water partition coefficient (Wildman–Crippen LogP) is 2.37. The molecule has 0 radical (unpaired) electrons. The lowest BCUT2D eigenvalue weighted by Gasteiger charge is -2.32. The number of rotatable bonds is 6. The Morgan fingerprint density at radius 1 is 1.35 bits per heavy atom. The van der Waals surface area contributed by atoms with Gasteiger partial charge in [0.1, 0.15) is 0 Å². The molecule has 1 heterocycles. The van der Waals surface area contributed by atoms with E-state index in [1.54, 1.807) is 4.90 Å². The van der Waals surface area contributed by atoms with E-state index in [1.807, 2.05) is 7.05 Å². The van der Waals surface area contributed by atoms with Crippen LogP contribution in [0.4, 0.5) is 8.78 Å². The minimum Gasteiger partial charge on any atom is -0.493 e. The molecule has 23 heavy (non-hydrogen) atoms. The highest BCUT2D eigenvalue weighted by molar-refractivity contribution is 5.95. The third-order valence-corrected chi connectivity index (χ3v) is 4.02. The van der Waals surface area contributed by atoms with Crippen molar-refractivity contribution in [1.29, 1.82) is 0 Å². The van der Waals surface area contributed by atoms with Crippen LogP contribution >= 0.6 is 0 Å². The molecule has 0 aliphatic carbocycles. The minimum absolute atomic E-state index is 0.0771. The van der Waals surface area contributed by atoms with Crippen molar-refractivity contribution in [3.63, 3.8) is 0 Å². The Morgan fingerprint density at radius 3 is 2.61 bits per heavy atom. The van der Waals surface area contributed by atoms with Gasteiger partial charge in [-0.15, -0.1) is 0 Å². The van der Waals surface area contributed by atoms with E-state index in [4.69, 9.17) is 4.74 Å². The van der Waals surface area contributed by atoms with Gasteiger partial charge >= 0.3 is 6.61 Å². The van der Waals surface area contributed by atoms with E-state index in [2.05, 4.69) is 10.1 Å². The monoisotopic (exact) mass is 328 g/mol. The van der Waals surface area contributed by atoms with Crippen LogP contribution in [0.5, 0.6) is 11.5 Å². The largest absolute Gasteiger partial charge is 0.493 e. The Morgan fingerprint density at radius 2 is 2.04 bits per heavy atom. The van der Waals surface area contributed by atoms with Crippen LogP contribution in [0.25, 0.3) is 0 Å². The fourth-order valence-corrected chi connectivity index (χ4v) is 2.81.